The molecule has 0 atom stereocenters. The van der Waals surface area contributed by atoms with Crippen LogP contribution in [-0.2, 0) is 0 Å². The number of halogens is 1. The molecule has 4 heteroatoms. The van der Waals surface area contributed by atoms with Crippen molar-refractivity contribution in [3.63, 3.8) is 0 Å². The van der Waals surface area contributed by atoms with Crippen molar-refractivity contribution in [2.75, 3.05) is 14.2 Å². The minimum absolute atomic E-state index is 0.420. The van der Waals surface area contributed by atoms with Gasteiger partial charge in [0.25, 0.3) is 0 Å². The Morgan fingerprint density at radius 2 is 1.88 bits per heavy atom. The molecule has 0 aliphatic heterocycles. The number of nitriles is 1. The van der Waals surface area contributed by atoms with Gasteiger partial charge in [-0.3, -0.25) is 0 Å². The van der Waals surface area contributed by atoms with E-state index in [0.29, 0.717) is 22.1 Å². The second-order valence-corrected chi connectivity index (χ2v) is 3.50. The van der Waals surface area contributed by atoms with Crippen LogP contribution in [0.5, 0.6) is 11.5 Å². The van der Waals surface area contributed by atoms with Crippen molar-refractivity contribution < 1.29 is 9.47 Å². The molecule has 0 aliphatic rings. The maximum absolute atomic E-state index is 8.75. The number of benzene rings is 1. The van der Waals surface area contributed by atoms with E-state index in [-0.39, 0.29) is 0 Å². The molecule has 0 bridgehead atoms. The molecule has 0 aliphatic carbocycles. The standard InChI is InChI=1S/C12H12ClNO2/c1-8(7-14)12(13)9-4-5-10(15-2)11(6-9)16-3/h4-6H,1-3H3. The highest BCUT2D eigenvalue weighted by atomic mass is 35.5. The minimum Gasteiger partial charge on any atom is -0.493 e. The Balaban J connectivity index is 3.25. The molecule has 0 fully saturated rings. The first-order valence-electron chi connectivity index (χ1n) is 4.63. The summed E-state index contributed by atoms with van der Waals surface area (Å²) in [6.45, 7) is 1.67. The van der Waals surface area contributed by atoms with E-state index in [1.165, 1.54) is 0 Å². The van der Waals surface area contributed by atoms with E-state index in [2.05, 4.69) is 0 Å². The highest BCUT2D eigenvalue weighted by Gasteiger charge is 2.08. The highest BCUT2D eigenvalue weighted by molar-refractivity contribution is 6.49. The number of hydrogen-bond acceptors (Lipinski definition) is 3. The van der Waals surface area contributed by atoms with Crippen molar-refractivity contribution in [3.05, 3.63) is 29.3 Å². The van der Waals surface area contributed by atoms with Crippen LogP contribution in [0.2, 0.25) is 0 Å². The average Bonchev–Trinajstić information content (AvgIpc) is 2.35. The van der Waals surface area contributed by atoms with Gasteiger partial charge in [-0.2, -0.15) is 5.26 Å². The molecule has 0 saturated carbocycles. The van der Waals surface area contributed by atoms with Crippen LogP contribution in [-0.4, -0.2) is 14.2 Å². The van der Waals surface area contributed by atoms with E-state index < -0.39 is 0 Å². The van der Waals surface area contributed by atoms with E-state index >= 15 is 0 Å². The second kappa shape index (κ2) is 5.43. The predicted octanol–water partition coefficient (Wildman–Crippen LogP) is 3.20. The normalized spacial score (nSPS) is 11.4. The van der Waals surface area contributed by atoms with Crippen LogP contribution in [0.1, 0.15) is 12.5 Å². The summed E-state index contributed by atoms with van der Waals surface area (Å²) in [5, 5.41) is 9.17. The van der Waals surface area contributed by atoms with Gasteiger partial charge in [0.15, 0.2) is 11.5 Å². The summed E-state index contributed by atoms with van der Waals surface area (Å²) in [6.07, 6.45) is 0. The quantitative estimate of drug-likeness (QED) is 0.759. The SMILES string of the molecule is COc1ccc(C(Cl)=C(C)C#N)cc1OC. The first-order chi connectivity index (χ1) is 7.63. The van der Waals surface area contributed by atoms with Crippen LogP contribution in [0, 0.1) is 11.3 Å². The lowest BCUT2D eigenvalue weighted by atomic mass is 10.1. The van der Waals surface area contributed by atoms with Gasteiger partial charge in [0.1, 0.15) is 0 Å². The Morgan fingerprint density at radius 1 is 1.25 bits per heavy atom. The molecule has 1 aromatic rings. The van der Waals surface area contributed by atoms with Crippen molar-refractivity contribution in [3.8, 4) is 17.6 Å². The molecule has 0 spiro atoms. The summed E-state index contributed by atoms with van der Waals surface area (Å²) in [5.41, 5.74) is 1.20. The number of nitrogens with zero attached hydrogens (tertiary/aromatic N) is 1. The van der Waals surface area contributed by atoms with Crippen LogP contribution in [0.4, 0.5) is 0 Å². The summed E-state index contributed by atoms with van der Waals surface area (Å²) in [5.74, 6) is 1.22. The molecule has 0 unspecified atom stereocenters. The zero-order valence-corrected chi connectivity index (χ0v) is 10.1. The van der Waals surface area contributed by atoms with Crippen LogP contribution in [0.15, 0.2) is 23.8 Å². The fourth-order valence-electron chi connectivity index (χ4n) is 1.24. The second-order valence-electron chi connectivity index (χ2n) is 3.12. The van der Waals surface area contributed by atoms with Gasteiger partial charge in [-0.1, -0.05) is 11.6 Å². The van der Waals surface area contributed by atoms with Crippen molar-refractivity contribution >= 4 is 16.6 Å². The number of rotatable bonds is 3. The van der Waals surface area contributed by atoms with Gasteiger partial charge in [-0.25, -0.2) is 0 Å². The van der Waals surface area contributed by atoms with E-state index in [4.69, 9.17) is 26.3 Å². The third-order valence-electron chi connectivity index (χ3n) is 2.13. The summed E-state index contributed by atoms with van der Waals surface area (Å²) < 4.78 is 10.3. The Bertz CT molecular complexity index is 461. The van der Waals surface area contributed by atoms with Crippen LogP contribution in [0.25, 0.3) is 5.03 Å². The molecular weight excluding hydrogens is 226 g/mol. The number of ether oxygens (including phenoxy) is 2. The average molecular weight is 238 g/mol. The zero-order chi connectivity index (χ0) is 12.1. The van der Waals surface area contributed by atoms with Crippen LogP contribution < -0.4 is 9.47 Å². The molecule has 16 heavy (non-hydrogen) atoms. The van der Waals surface area contributed by atoms with Gasteiger partial charge in [0.2, 0.25) is 0 Å². The van der Waals surface area contributed by atoms with E-state index in [9.17, 15) is 0 Å². The third kappa shape index (κ3) is 2.47. The molecule has 0 amide bonds. The first kappa shape index (κ1) is 12.4. The predicted molar refractivity (Wildman–Crippen MR) is 63.6 cm³/mol. The molecular formula is C12H12ClNO2. The van der Waals surface area contributed by atoms with E-state index in [0.717, 1.165) is 5.56 Å². The summed E-state index contributed by atoms with van der Waals surface area (Å²) in [6, 6.07) is 7.28. The maximum atomic E-state index is 8.75. The Hall–Kier alpha value is -1.66. The topological polar surface area (TPSA) is 42.2 Å². The fourth-order valence-corrected chi connectivity index (χ4v) is 1.40. The van der Waals surface area contributed by atoms with E-state index in [1.807, 2.05) is 6.07 Å². The molecule has 0 aromatic heterocycles. The van der Waals surface area contributed by atoms with Crippen molar-refractivity contribution in [1.29, 1.82) is 5.26 Å². The molecule has 0 heterocycles. The Kier molecular flexibility index (Phi) is 4.21. The van der Waals surface area contributed by atoms with Gasteiger partial charge >= 0.3 is 0 Å². The zero-order valence-electron chi connectivity index (χ0n) is 9.37. The molecule has 3 nitrogen and oxygen atoms in total. The van der Waals surface area contributed by atoms with Crippen molar-refractivity contribution in [2.24, 2.45) is 0 Å². The van der Waals surface area contributed by atoms with Crippen molar-refractivity contribution in [1.82, 2.24) is 0 Å². The van der Waals surface area contributed by atoms with Gasteiger partial charge in [-0.15, -0.1) is 0 Å². The molecule has 0 N–H and O–H groups in total. The number of hydrogen-bond donors (Lipinski definition) is 0. The summed E-state index contributed by atoms with van der Waals surface area (Å²) in [7, 11) is 3.12. The van der Waals surface area contributed by atoms with Gasteiger partial charge in [0, 0.05) is 5.57 Å². The van der Waals surface area contributed by atoms with Gasteiger partial charge < -0.3 is 9.47 Å². The molecule has 0 radical (unpaired) electrons. The van der Waals surface area contributed by atoms with E-state index in [1.54, 1.807) is 39.3 Å². The summed E-state index contributed by atoms with van der Waals surface area (Å²) >= 11 is 6.04. The number of allylic oxidation sites excluding steroid dienone is 1. The lowest BCUT2D eigenvalue weighted by Gasteiger charge is -2.09. The lowest BCUT2D eigenvalue weighted by Crippen LogP contribution is -1.91. The summed E-state index contributed by atoms with van der Waals surface area (Å²) in [4.78, 5) is 0. The highest BCUT2D eigenvalue weighted by Crippen LogP contribution is 2.32. The minimum atomic E-state index is 0.420. The maximum Gasteiger partial charge on any atom is 0.161 e. The lowest BCUT2D eigenvalue weighted by molar-refractivity contribution is 0.355. The molecule has 1 aromatic carbocycles. The molecule has 0 saturated heterocycles. The molecule has 1 rings (SSSR count). The number of methoxy groups -OCH3 is 2. The van der Waals surface area contributed by atoms with Gasteiger partial charge in [-0.05, 0) is 30.7 Å². The first-order valence-corrected chi connectivity index (χ1v) is 5.00. The molecule has 84 valence electrons. The smallest absolute Gasteiger partial charge is 0.161 e. The Labute approximate surface area is 99.9 Å². The van der Waals surface area contributed by atoms with Crippen molar-refractivity contribution in [2.45, 2.75) is 6.92 Å². The van der Waals surface area contributed by atoms with Crippen LogP contribution >= 0.6 is 11.6 Å². The monoisotopic (exact) mass is 237 g/mol. The van der Waals surface area contributed by atoms with Crippen LogP contribution in [0.3, 0.4) is 0 Å². The Morgan fingerprint density at radius 3 is 2.38 bits per heavy atom. The fraction of sp³-hybridized carbons (Fsp3) is 0.250. The van der Waals surface area contributed by atoms with Gasteiger partial charge in [0.05, 0.1) is 25.3 Å². The largest absolute Gasteiger partial charge is 0.493 e. The third-order valence-corrected chi connectivity index (χ3v) is 2.64.